The Morgan fingerprint density at radius 2 is 1.74 bits per heavy atom. The summed E-state index contributed by atoms with van der Waals surface area (Å²) in [5, 5.41) is 6.17. The number of benzene rings is 2. The highest BCUT2D eigenvalue weighted by molar-refractivity contribution is 6.15. The minimum Gasteiger partial charge on any atom is -0.350 e. The van der Waals surface area contributed by atoms with Gasteiger partial charge < -0.3 is 15.5 Å². The molecule has 5 heteroatoms. The first-order chi connectivity index (χ1) is 11.2. The summed E-state index contributed by atoms with van der Waals surface area (Å²) in [5.41, 5.74) is 1.67. The molecule has 1 unspecified atom stereocenters. The number of amides is 2. The van der Waals surface area contributed by atoms with Crippen LogP contribution < -0.4 is 15.5 Å². The number of nitrogens with one attached hydrogen (secondary N) is 2. The fourth-order valence-corrected chi connectivity index (χ4v) is 3.40. The zero-order valence-corrected chi connectivity index (χ0v) is 12.8. The zero-order valence-electron chi connectivity index (χ0n) is 12.8. The average Bonchev–Trinajstić information content (AvgIpc) is 2.78. The van der Waals surface area contributed by atoms with Gasteiger partial charge in [0.1, 0.15) is 0 Å². The Bertz CT molecular complexity index is 817. The van der Waals surface area contributed by atoms with Gasteiger partial charge in [0.25, 0.3) is 11.8 Å². The zero-order chi connectivity index (χ0) is 16.0. The lowest BCUT2D eigenvalue weighted by Gasteiger charge is -2.36. The predicted octanol–water partition coefficient (Wildman–Crippen LogP) is 2.45. The molecule has 1 atom stereocenters. The lowest BCUT2D eigenvalue weighted by Crippen LogP contribution is -2.60. The van der Waals surface area contributed by atoms with E-state index in [-0.39, 0.29) is 11.8 Å². The molecule has 0 saturated heterocycles. The molecular weight excluding hydrogens is 290 g/mol. The monoisotopic (exact) mass is 307 g/mol. The van der Waals surface area contributed by atoms with Gasteiger partial charge in [-0.05, 0) is 24.6 Å². The highest BCUT2D eigenvalue weighted by Gasteiger charge is 2.54. The Morgan fingerprint density at radius 3 is 2.57 bits per heavy atom. The first kappa shape index (κ1) is 13.8. The third kappa shape index (κ3) is 1.79. The molecule has 0 saturated carbocycles. The van der Waals surface area contributed by atoms with E-state index in [1.54, 1.807) is 11.0 Å². The molecule has 116 valence electrons. The van der Waals surface area contributed by atoms with E-state index in [9.17, 15) is 9.59 Å². The summed E-state index contributed by atoms with van der Waals surface area (Å²) >= 11 is 0. The van der Waals surface area contributed by atoms with E-state index >= 15 is 0 Å². The van der Waals surface area contributed by atoms with E-state index in [0.717, 1.165) is 17.7 Å². The van der Waals surface area contributed by atoms with E-state index in [2.05, 4.69) is 10.6 Å². The Labute approximate surface area is 134 Å². The van der Waals surface area contributed by atoms with Crippen LogP contribution in [0.5, 0.6) is 0 Å². The standard InChI is InChI=1S/C18H17N3O2/c1-2-11-21-15-10-6-4-8-13(15)18(17(21)23)19-14-9-5-3-7-12(14)16(22)20-18/h3-10,19H,2,11H2,1H3,(H,20,22). The lowest BCUT2D eigenvalue weighted by atomic mass is 9.96. The fourth-order valence-electron chi connectivity index (χ4n) is 3.40. The summed E-state index contributed by atoms with van der Waals surface area (Å²) in [6.45, 7) is 2.65. The third-order valence-electron chi connectivity index (χ3n) is 4.41. The number of fused-ring (bicyclic) bond motifs is 3. The quantitative estimate of drug-likeness (QED) is 0.896. The summed E-state index contributed by atoms with van der Waals surface area (Å²) in [6, 6.07) is 14.9. The second-order valence-electron chi connectivity index (χ2n) is 5.85. The molecule has 0 radical (unpaired) electrons. The summed E-state index contributed by atoms with van der Waals surface area (Å²) in [6.07, 6.45) is 0.848. The number of anilines is 2. The number of hydrogen-bond acceptors (Lipinski definition) is 3. The largest absolute Gasteiger partial charge is 0.350 e. The molecule has 2 N–H and O–H groups in total. The van der Waals surface area contributed by atoms with Gasteiger partial charge in [-0.2, -0.15) is 0 Å². The number of nitrogens with zero attached hydrogens (tertiary/aromatic N) is 1. The lowest BCUT2D eigenvalue weighted by molar-refractivity contribution is -0.123. The SMILES string of the molecule is CCCN1C(=O)C2(NC(=O)c3ccccc3N2)c2ccccc21. The van der Waals surface area contributed by atoms with Crippen molar-refractivity contribution in [3.63, 3.8) is 0 Å². The van der Waals surface area contributed by atoms with Gasteiger partial charge in [-0.3, -0.25) is 9.59 Å². The molecule has 2 amide bonds. The van der Waals surface area contributed by atoms with Crippen LogP contribution in [0.4, 0.5) is 11.4 Å². The van der Waals surface area contributed by atoms with E-state index in [0.29, 0.717) is 17.8 Å². The van der Waals surface area contributed by atoms with Crippen molar-refractivity contribution in [1.29, 1.82) is 0 Å². The Kier molecular flexibility index (Phi) is 2.91. The number of carbonyl (C=O) groups is 2. The van der Waals surface area contributed by atoms with Crippen molar-refractivity contribution < 1.29 is 9.59 Å². The molecule has 23 heavy (non-hydrogen) atoms. The van der Waals surface area contributed by atoms with Crippen LogP contribution in [-0.4, -0.2) is 18.4 Å². The minimum absolute atomic E-state index is 0.136. The summed E-state index contributed by atoms with van der Waals surface area (Å²) in [5.74, 6) is -0.371. The van der Waals surface area contributed by atoms with Crippen molar-refractivity contribution in [2.24, 2.45) is 0 Å². The van der Waals surface area contributed by atoms with Gasteiger partial charge in [-0.15, -0.1) is 0 Å². The molecule has 2 aliphatic rings. The molecule has 0 aliphatic carbocycles. The van der Waals surface area contributed by atoms with Gasteiger partial charge in [-0.25, -0.2) is 0 Å². The second kappa shape index (κ2) is 4.84. The number of carbonyl (C=O) groups excluding carboxylic acids is 2. The molecule has 5 nitrogen and oxygen atoms in total. The van der Waals surface area contributed by atoms with E-state index in [1.807, 2.05) is 49.4 Å². The van der Waals surface area contributed by atoms with Crippen LogP contribution >= 0.6 is 0 Å². The fraction of sp³-hybridized carbons (Fsp3) is 0.222. The van der Waals surface area contributed by atoms with Gasteiger partial charge in [0, 0.05) is 17.8 Å². The molecule has 0 fully saturated rings. The Balaban J connectivity index is 1.89. The van der Waals surface area contributed by atoms with Gasteiger partial charge in [0.15, 0.2) is 0 Å². The van der Waals surface area contributed by atoms with Crippen LogP contribution in [-0.2, 0) is 10.5 Å². The van der Waals surface area contributed by atoms with Crippen molar-refractivity contribution in [3.8, 4) is 0 Å². The van der Waals surface area contributed by atoms with E-state index < -0.39 is 5.66 Å². The maximum Gasteiger partial charge on any atom is 0.278 e. The van der Waals surface area contributed by atoms with Crippen molar-refractivity contribution in [2.45, 2.75) is 19.0 Å². The first-order valence-electron chi connectivity index (χ1n) is 7.78. The maximum absolute atomic E-state index is 13.1. The maximum atomic E-state index is 13.1. The Hall–Kier alpha value is -2.82. The van der Waals surface area contributed by atoms with Gasteiger partial charge >= 0.3 is 0 Å². The normalized spacial score (nSPS) is 21.7. The molecule has 4 rings (SSSR count). The molecule has 0 aromatic heterocycles. The van der Waals surface area contributed by atoms with E-state index in [1.165, 1.54) is 0 Å². The minimum atomic E-state index is -1.21. The predicted molar refractivity (Wildman–Crippen MR) is 88.3 cm³/mol. The smallest absolute Gasteiger partial charge is 0.278 e. The van der Waals surface area contributed by atoms with Crippen molar-refractivity contribution in [2.75, 3.05) is 16.8 Å². The number of rotatable bonds is 2. The summed E-state index contributed by atoms with van der Waals surface area (Å²) in [4.78, 5) is 27.4. The molecule has 2 aliphatic heterocycles. The Morgan fingerprint density at radius 1 is 1.00 bits per heavy atom. The van der Waals surface area contributed by atoms with Crippen LogP contribution in [0.2, 0.25) is 0 Å². The molecule has 2 heterocycles. The van der Waals surface area contributed by atoms with Gasteiger partial charge in [0.05, 0.1) is 11.3 Å². The van der Waals surface area contributed by atoms with Crippen LogP contribution in [0.1, 0.15) is 29.3 Å². The van der Waals surface area contributed by atoms with Gasteiger partial charge in [-0.1, -0.05) is 37.3 Å². The average molecular weight is 307 g/mol. The van der Waals surface area contributed by atoms with Crippen LogP contribution in [0.3, 0.4) is 0 Å². The molecule has 2 aromatic carbocycles. The van der Waals surface area contributed by atoms with Crippen molar-refractivity contribution in [1.82, 2.24) is 5.32 Å². The summed E-state index contributed by atoms with van der Waals surface area (Å²) < 4.78 is 0. The summed E-state index contributed by atoms with van der Waals surface area (Å²) in [7, 11) is 0. The highest BCUT2D eigenvalue weighted by Crippen LogP contribution is 2.43. The van der Waals surface area contributed by atoms with Crippen LogP contribution in [0.25, 0.3) is 0 Å². The number of para-hydroxylation sites is 2. The molecule has 2 aromatic rings. The van der Waals surface area contributed by atoms with Crippen molar-refractivity contribution >= 4 is 23.2 Å². The molecule has 1 spiro atoms. The molecule has 0 bridgehead atoms. The van der Waals surface area contributed by atoms with Crippen molar-refractivity contribution in [3.05, 3.63) is 59.7 Å². The van der Waals surface area contributed by atoms with Crippen LogP contribution in [0.15, 0.2) is 48.5 Å². The second-order valence-corrected chi connectivity index (χ2v) is 5.85. The third-order valence-corrected chi connectivity index (χ3v) is 4.41. The molecular formula is C18H17N3O2. The van der Waals surface area contributed by atoms with Gasteiger partial charge in [0.2, 0.25) is 5.66 Å². The number of hydrogen-bond donors (Lipinski definition) is 2. The topological polar surface area (TPSA) is 61.4 Å². The highest BCUT2D eigenvalue weighted by atomic mass is 16.2. The first-order valence-corrected chi connectivity index (χ1v) is 7.78. The van der Waals surface area contributed by atoms with E-state index in [4.69, 9.17) is 0 Å². The van der Waals surface area contributed by atoms with Crippen LogP contribution in [0, 0.1) is 0 Å².